The van der Waals surface area contributed by atoms with Crippen LogP contribution in [0.1, 0.15) is 27.7 Å². The molecule has 0 saturated carbocycles. The summed E-state index contributed by atoms with van der Waals surface area (Å²) in [6.45, 7) is 0. The van der Waals surface area contributed by atoms with E-state index in [4.69, 9.17) is 0 Å². The van der Waals surface area contributed by atoms with Gasteiger partial charge in [0.1, 0.15) is 17.0 Å². The molecule has 1 atom stereocenters. The number of benzene rings is 2. The largest absolute Gasteiger partial charge is 0.505 e. The van der Waals surface area contributed by atoms with Crippen molar-refractivity contribution in [2.24, 2.45) is 0 Å². The predicted molar refractivity (Wildman–Crippen MR) is 100.0 cm³/mol. The molecule has 0 spiro atoms. The lowest BCUT2D eigenvalue weighted by molar-refractivity contribution is 0.0938. The minimum absolute atomic E-state index is 0.0729. The number of aromatic nitrogens is 2. The van der Waals surface area contributed by atoms with Crippen LogP contribution in [-0.2, 0) is 0 Å². The van der Waals surface area contributed by atoms with Gasteiger partial charge in [0.15, 0.2) is 0 Å². The fourth-order valence-electron chi connectivity index (χ4n) is 3.04. The number of pyridine rings is 1. The van der Waals surface area contributed by atoms with Crippen LogP contribution in [0, 0.1) is 0 Å². The summed E-state index contributed by atoms with van der Waals surface area (Å²) in [5.74, 6) is -0.173. The molecule has 0 saturated heterocycles. The molecule has 0 aliphatic heterocycles. The third-order valence-corrected chi connectivity index (χ3v) is 4.34. The minimum Gasteiger partial charge on any atom is -0.505 e. The van der Waals surface area contributed by atoms with E-state index in [2.05, 4.69) is 15.3 Å². The van der Waals surface area contributed by atoms with Gasteiger partial charge in [0.05, 0.1) is 6.04 Å². The highest BCUT2D eigenvalue weighted by Crippen LogP contribution is 2.34. The maximum Gasteiger partial charge on any atom is 0.268 e. The zero-order valence-corrected chi connectivity index (χ0v) is 13.9. The van der Waals surface area contributed by atoms with Crippen LogP contribution >= 0.6 is 0 Å². The van der Waals surface area contributed by atoms with Gasteiger partial charge >= 0.3 is 0 Å². The van der Waals surface area contributed by atoms with Crippen molar-refractivity contribution < 1.29 is 9.90 Å². The lowest BCUT2D eigenvalue weighted by Gasteiger charge is -2.21. The van der Waals surface area contributed by atoms with Crippen LogP contribution in [0.4, 0.5) is 0 Å². The number of fused-ring (bicyclic) bond motifs is 1. The Kier molecular flexibility index (Phi) is 4.11. The molecule has 128 valence electrons. The Hall–Kier alpha value is -3.60. The van der Waals surface area contributed by atoms with Crippen molar-refractivity contribution in [3.05, 3.63) is 95.9 Å². The molecule has 4 rings (SSSR count). The van der Waals surface area contributed by atoms with Crippen LogP contribution in [0.2, 0.25) is 0 Å². The summed E-state index contributed by atoms with van der Waals surface area (Å²) in [5, 5.41) is 14.6. The normalized spacial score (nSPS) is 12.0. The summed E-state index contributed by atoms with van der Waals surface area (Å²) in [4.78, 5) is 19.8. The quantitative estimate of drug-likeness (QED) is 0.527. The standard InChI is InChI=1S/C21H17N3O2/c25-20-16(11-10-15-8-4-13-23-19(15)20)18(14-6-2-1-3-7-14)24-21(26)17-9-5-12-22-17/h1-13,18,22,25H,(H,24,26). The monoisotopic (exact) mass is 343 g/mol. The van der Waals surface area contributed by atoms with Crippen LogP contribution in [0.25, 0.3) is 10.9 Å². The first-order valence-electron chi connectivity index (χ1n) is 8.30. The number of phenolic OH excluding ortho intramolecular Hbond substituents is 1. The lowest BCUT2D eigenvalue weighted by Crippen LogP contribution is -2.29. The van der Waals surface area contributed by atoms with Crippen molar-refractivity contribution in [1.29, 1.82) is 0 Å². The van der Waals surface area contributed by atoms with Gasteiger partial charge in [-0.3, -0.25) is 9.78 Å². The third kappa shape index (κ3) is 2.91. The van der Waals surface area contributed by atoms with E-state index in [1.54, 1.807) is 24.5 Å². The summed E-state index contributed by atoms with van der Waals surface area (Å²) in [5.41, 5.74) is 2.45. The second-order valence-corrected chi connectivity index (χ2v) is 5.98. The fraction of sp³-hybridized carbons (Fsp3) is 0.0476. The molecule has 5 heteroatoms. The second kappa shape index (κ2) is 6.72. The second-order valence-electron chi connectivity index (χ2n) is 5.98. The molecule has 2 aromatic heterocycles. The summed E-state index contributed by atoms with van der Waals surface area (Å²) < 4.78 is 0. The van der Waals surface area contributed by atoms with Crippen molar-refractivity contribution in [2.75, 3.05) is 0 Å². The smallest absolute Gasteiger partial charge is 0.268 e. The zero-order chi connectivity index (χ0) is 17.9. The Labute approximate surface area is 150 Å². The average molecular weight is 343 g/mol. The van der Waals surface area contributed by atoms with Crippen LogP contribution in [0.3, 0.4) is 0 Å². The number of carbonyl (C=O) groups is 1. The van der Waals surface area contributed by atoms with Crippen molar-refractivity contribution in [1.82, 2.24) is 15.3 Å². The molecule has 1 amide bonds. The molecule has 4 aromatic rings. The first-order chi connectivity index (χ1) is 12.7. The lowest BCUT2D eigenvalue weighted by atomic mass is 9.96. The highest BCUT2D eigenvalue weighted by atomic mass is 16.3. The van der Waals surface area contributed by atoms with Gasteiger partial charge in [-0.25, -0.2) is 0 Å². The molecule has 1 unspecified atom stereocenters. The third-order valence-electron chi connectivity index (χ3n) is 4.34. The molecule has 5 nitrogen and oxygen atoms in total. The molecular formula is C21H17N3O2. The predicted octanol–water partition coefficient (Wildman–Crippen LogP) is 3.79. The maximum absolute atomic E-state index is 12.6. The van der Waals surface area contributed by atoms with Crippen LogP contribution < -0.4 is 5.32 Å². The summed E-state index contributed by atoms with van der Waals surface area (Å²) in [6.07, 6.45) is 3.34. The van der Waals surface area contributed by atoms with Gasteiger partial charge in [0, 0.05) is 23.3 Å². The van der Waals surface area contributed by atoms with Gasteiger partial charge in [-0.05, 0) is 23.8 Å². The number of nitrogens with zero attached hydrogens (tertiary/aromatic N) is 1. The van der Waals surface area contributed by atoms with E-state index in [1.807, 2.05) is 54.6 Å². The molecular weight excluding hydrogens is 326 g/mol. The topological polar surface area (TPSA) is 78.0 Å². The molecule has 26 heavy (non-hydrogen) atoms. The van der Waals surface area contributed by atoms with Crippen LogP contribution in [0.15, 0.2) is 79.1 Å². The van der Waals surface area contributed by atoms with Gasteiger partial charge in [-0.15, -0.1) is 0 Å². The number of hydrogen-bond donors (Lipinski definition) is 3. The van der Waals surface area contributed by atoms with Crippen LogP contribution in [0.5, 0.6) is 5.75 Å². The molecule has 0 radical (unpaired) electrons. The van der Waals surface area contributed by atoms with E-state index in [0.717, 1.165) is 10.9 Å². The van der Waals surface area contributed by atoms with E-state index >= 15 is 0 Å². The van der Waals surface area contributed by atoms with Crippen molar-refractivity contribution >= 4 is 16.8 Å². The number of rotatable bonds is 4. The number of carbonyl (C=O) groups excluding carboxylic acids is 1. The summed E-state index contributed by atoms with van der Waals surface area (Å²) >= 11 is 0. The Morgan fingerprint density at radius 1 is 1.00 bits per heavy atom. The highest BCUT2D eigenvalue weighted by Gasteiger charge is 2.22. The van der Waals surface area contributed by atoms with E-state index < -0.39 is 6.04 Å². The van der Waals surface area contributed by atoms with E-state index in [9.17, 15) is 9.90 Å². The molecule has 0 aliphatic carbocycles. The van der Waals surface area contributed by atoms with Gasteiger partial charge in [-0.2, -0.15) is 0 Å². The summed E-state index contributed by atoms with van der Waals surface area (Å²) in [6, 6.07) is 20.0. The van der Waals surface area contributed by atoms with E-state index in [0.29, 0.717) is 16.8 Å². The van der Waals surface area contributed by atoms with Crippen molar-refractivity contribution in [3.63, 3.8) is 0 Å². The number of aromatic amines is 1. The minimum atomic E-state index is -0.501. The maximum atomic E-state index is 12.6. The number of aromatic hydroxyl groups is 1. The molecule has 0 aliphatic rings. The zero-order valence-electron chi connectivity index (χ0n) is 13.9. The number of H-pyrrole nitrogens is 1. The molecule has 2 heterocycles. The fourth-order valence-corrected chi connectivity index (χ4v) is 3.04. The number of phenols is 1. The van der Waals surface area contributed by atoms with Crippen LogP contribution in [-0.4, -0.2) is 21.0 Å². The first-order valence-corrected chi connectivity index (χ1v) is 8.30. The molecule has 2 aromatic carbocycles. The Bertz CT molecular complexity index is 1040. The Balaban J connectivity index is 1.81. The first kappa shape index (κ1) is 15.9. The molecule has 0 fully saturated rings. The van der Waals surface area contributed by atoms with Crippen molar-refractivity contribution in [3.8, 4) is 5.75 Å². The number of hydrogen-bond acceptors (Lipinski definition) is 3. The highest BCUT2D eigenvalue weighted by molar-refractivity contribution is 5.93. The Morgan fingerprint density at radius 3 is 2.62 bits per heavy atom. The SMILES string of the molecule is O=C(NC(c1ccccc1)c1ccc2cccnc2c1O)c1ccc[nH]1. The van der Waals surface area contributed by atoms with Gasteiger partial charge in [0.2, 0.25) is 0 Å². The van der Waals surface area contributed by atoms with Crippen molar-refractivity contribution in [2.45, 2.75) is 6.04 Å². The van der Waals surface area contributed by atoms with Gasteiger partial charge in [-0.1, -0.05) is 48.5 Å². The van der Waals surface area contributed by atoms with E-state index in [-0.39, 0.29) is 11.7 Å². The summed E-state index contributed by atoms with van der Waals surface area (Å²) in [7, 11) is 0. The Morgan fingerprint density at radius 2 is 1.85 bits per heavy atom. The average Bonchev–Trinajstić information content (AvgIpc) is 3.23. The van der Waals surface area contributed by atoms with E-state index in [1.165, 1.54) is 0 Å². The number of nitrogens with one attached hydrogen (secondary N) is 2. The van der Waals surface area contributed by atoms with Gasteiger partial charge < -0.3 is 15.4 Å². The molecule has 0 bridgehead atoms. The molecule has 3 N–H and O–H groups in total. The van der Waals surface area contributed by atoms with Gasteiger partial charge in [0.25, 0.3) is 5.91 Å². The number of amides is 1.